The van der Waals surface area contributed by atoms with Gasteiger partial charge in [-0.25, -0.2) is 0 Å². The van der Waals surface area contributed by atoms with Crippen molar-refractivity contribution < 1.29 is 9.59 Å². The summed E-state index contributed by atoms with van der Waals surface area (Å²) in [4.78, 5) is 35.4. The van der Waals surface area contributed by atoms with Gasteiger partial charge in [0.25, 0.3) is 5.91 Å². The third kappa shape index (κ3) is 4.98. The standard InChI is InChI=1S/C25H23N5O2/c26-17-20-4-3-13-28-24(20)18-6-8-19(9-7-18)25(32)30-14-10-21(11-15-30)29-23(31)16-22-5-1-2-12-27-22/h1-9,12-13,21H,10-11,14-16H2,(H,29,31). The first-order chi connectivity index (χ1) is 15.6. The molecular formula is C25H23N5O2. The molecule has 32 heavy (non-hydrogen) atoms. The van der Waals surface area contributed by atoms with E-state index in [0.717, 1.165) is 24.1 Å². The molecule has 0 unspecified atom stereocenters. The Morgan fingerprint density at radius 3 is 2.44 bits per heavy atom. The highest BCUT2D eigenvalue weighted by Crippen LogP contribution is 2.22. The number of rotatable bonds is 5. The second kappa shape index (κ2) is 9.84. The summed E-state index contributed by atoms with van der Waals surface area (Å²) in [5.74, 6) is -0.0772. The molecule has 0 bridgehead atoms. The number of amides is 2. The zero-order chi connectivity index (χ0) is 22.3. The number of carbonyl (C=O) groups excluding carboxylic acids is 2. The smallest absolute Gasteiger partial charge is 0.253 e. The summed E-state index contributed by atoms with van der Waals surface area (Å²) in [5.41, 5.74) is 3.25. The predicted octanol–water partition coefficient (Wildman–Crippen LogP) is 2.98. The van der Waals surface area contributed by atoms with Gasteiger partial charge >= 0.3 is 0 Å². The van der Waals surface area contributed by atoms with Crippen molar-refractivity contribution in [1.29, 1.82) is 5.26 Å². The van der Waals surface area contributed by atoms with E-state index in [4.69, 9.17) is 0 Å². The number of hydrogen-bond donors (Lipinski definition) is 1. The third-order valence-corrected chi connectivity index (χ3v) is 5.55. The largest absolute Gasteiger partial charge is 0.353 e. The molecule has 0 atom stereocenters. The Kier molecular flexibility index (Phi) is 6.52. The molecule has 1 aliphatic rings. The van der Waals surface area contributed by atoms with E-state index in [-0.39, 0.29) is 24.3 Å². The van der Waals surface area contributed by atoms with E-state index >= 15 is 0 Å². The van der Waals surface area contributed by atoms with Gasteiger partial charge in [-0.2, -0.15) is 5.26 Å². The van der Waals surface area contributed by atoms with Gasteiger partial charge in [-0.05, 0) is 49.2 Å². The highest BCUT2D eigenvalue weighted by Gasteiger charge is 2.24. The van der Waals surface area contributed by atoms with Crippen LogP contribution in [-0.4, -0.2) is 45.8 Å². The minimum atomic E-state index is -0.0460. The Morgan fingerprint density at radius 2 is 1.75 bits per heavy atom. The van der Waals surface area contributed by atoms with Crippen LogP contribution in [0.25, 0.3) is 11.3 Å². The lowest BCUT2D eigenvalue weighted by Gasteiger charge is -2.32. The number of nitrogens with zero attached hydrogens (tertiary/aromatic N) is 4. The monoisotopic (exact) mass is 425 g/mol. The van der Waals surface area contributed by atoms with Crippen LogP contribution in [0.3, 0.4) is 0 Å². The van der Waals surface area contributed by atoms with Gasteiger partial charge in [0.05, 0.1) is 17.7 Å². The van der Waals surface area contributed by atoms with Crippen LogP contribution in [0.4, 0.5) is 0 Å². The zero-order valence-electron chi connectivity index (χ0n) is 17.6. The molecule has 1 saturated heterocycles. The molecule has 4 rings (SSSR count). The van der Waals surface area contributed by atoms with Crippen LogP contribution in [0.1, 0.15) is 34.5 Å². The SMILES string of the molecule is N#Cc1cccnc1-c1ccc(C(=O)N2CCC(NC(=O)Cc3ccccn3)CC2)cc1. The van der Waals surface area contributed by atoms with Gasteiger partial charge in [0, 0.05) is 48.3 Å². The van der Waals surface area contributed by atoms with Crippen molar-refractivity contribution in [3.8, 4) is 17.3 Å². The summed E-state index contributed by atoms with van der Waals surface area (Å²) in [5, 5.41) is 12.3. The van der Waals surface area contributed by atoms with Gasteiger partial charge < -0.3 is 10.2 Å². The molecule has 3 heterocycles. The second-order valence-electron chi connectivity index (χ2n) is 7.72. The third-order valence-electron chi connectivity index (χ3n) is 5.55. The van der Waals surface area contributed by atoms with E-state index in [1.54, 1.807) is 36.7 Å². The Balaban J connectivity index is 1.31. The van der Waals surface area contributed by atoms with Gasteiger partial charge in [0.15, 0.2) is 0 Å². The lowest BCUT2D eigenvalue weighted by Crippen LogP contribution is -2.46. The molecule has 2 amide bonds. The number of nitrogens with one attached hydrogen (secondary N) is 1. The first-order valence-corrected chi connectivity index (χ1v) is 10.6. The number of carbonyl (C=O) groups is 2. The molecule has 0 aliphatic carbocycles. The fraction of sp³-hybridized carbons (Fsp3) is 0.240. The quantitative estimate of drug-likeness (QED) is 0.678. The molecule has 0 radical (unpaired) electrons. The van der Waals surface area contributed by atoms with Crippen molar-refractivity contribution in [1.82, 2.24) is 20.2 Å². The number of aromatic nitrogens is 2. The van der Waals surface area contributed by atoms with Gasteiger partial charge in [-0.15, -0.1) is 0 Å². The van der Waals surface area contributed by atoms with Crippen molar-refractivity contribution >= 4 is 11.8 Å². The summed E-state index contributed by atoms with van der Waals surface area (Å²) in [6.07, 6.45) is 5.02. The number of pyridine rings is 2. The number of piperidine rings is 1. The zero-order valence-corrected chi connectivity index (χ0v) is 17.6. The molecule has 160 valence electrons. The predicted molar refractivity (Wildman–Crippen MR) is 119 cm³/mol. The lowest BCUT2D eigenvalue weighted by atomic mass is 10.0. The molecule has 7 heteroatoms. The highest BCUT2D eigenvalue weighted by atomic mass is 16.2. The Morgan fingerprint density at radius 1 is 1.00 bits per heavy atom. The highest BCUT2D eigenvalue weighted by molar-refractivity contribution is 5.94. The van der Waals surface area contributed by atoms with Crippen molar-refractivity contribution in [2.75, 3.05) is 13.1 Å². The van der Waals surface area contributed by atoms with E-state index in [2.05, 4.69) is 21.4 Å². The fourth-order valence-corrected chi connectivity index (χ4v) is 3.85. The average molecular weight is 425 g/mol. The lowest BCUT2D eigenvalue weighted by molar-refractivity contribution is -0.121. The van der Waals surface area contributed by atoms with Crippen LogP contribution in [0.5, 0.6) is 0 Å². The molecule has 2 aromatic heterocycles. The summed E-state index contributed by atoms with van der Waals surface area (Å²) >= 11 is 0. The first kappa shape index (κ1) is 21.2. The van der Waals surface area contributed by atoms with Crippen LogP contribution in [0.2, 0.25) is 0 Å². The van der Waals surface area contributed by atoms with E-state index in [0.29, 0.717) is 29.9 Å². The summed E-state index contributed by atoms with van der Waals surface area (Å²) in [6.45, 7) is 1.18. The normalized spacial score (nSPS) is 13.9. The summed E-state index contributed by atoms with van der Waals surface area (Å²) in [6, 6.07) is 18.4. The number of likely N-dealkylation sites (tertiary alicyclic amines) is 1. The molecule has 1 fully saturated rings. The van der Waals surface area contributed by atoms with Gasteiger partial charge in [-0.3, -0.25) is 19.6 Å². The number of nitriles is 1. The molecule has 0 saturated carbocycles. The van der Waals surface area contributed by atoms with E-state index < -0.39 is 0 Å². The molecule has 3 aromatic rings. The van der Waals surface area contributed by atoms with Crippen molar-refractivity contribution in [2.24, 2.45) is 0 Å². The summed E-state index contributed by atoms with van der Waals surface area (Å²) in [7, 11) is 0. The maximum absolute atomic E-state index is 12.9. The van der Waals surface area contributed by atoms with Crippen LogP contribution in [0, 0.1) is 11.3 Å². The molecular weight excluding hydrogens is 402 g/mol. The second-order valence-corrected chi connectivity index (χ2v) is 7.72. The maximum Gasteiger partial charge on any atom is 0.253 e. The average Bonchev–Trinajstić information content (AvgIpc) is 2.85. The van der Waals surface area contributed by atoms with E-state index in [1.807, 2.05) is 35.2 Å². The van der Waals surface area contributed by atoms with Crippen LogP contribution < -0.4 is 5.32 Å². The molecule has 7 nitrogen and oxygen atoms in total. The molecule has 1 aliphatic heterocycles. The van der Waals surface area contributed by atoms with Gasteiger partial charge in [0.1, 0.15) is 6.07 Å². The van der Waals surface area contributed by atoms with Gasteiger partial charge in [0.2, 0.25) is 5.91 Å². The van der Waals surface area contributed by atoms with Crippen molar-refractivity contribution in [3.05, 3.63) is 83.8 Å². The first-order valence-electron chi connectivity index (χ1n) is 10.6. The van der Waals surface area contributed by atoms with Crippen LogP contribution in [0.15, 0.2) is 67.0 Å². The molecule has 1 N–H and O–H groups in total. The Bertz CT molecular complexity index is 1130. The molecule has 0 spiro atoms. The summed E-state index contributed by atoms with van der Waals surface area (Å²) < 4.78 is 0. The minimum Gasteiger partial charge on any atom is -0.353 e. The fourth-order valence-electron chi connectivity index (χ4n) is 3.85. The van der Waals surface area contributed by atoms with Crippen LogP contribution >= 0.6 is 0 Å². The van der Waals surface area contributed by atoms with Crippen LogP contribution in [-0.2, 0) is 11.2 Å². The Labute approximate surface area is 186 Å². The van der Waals surface area contributed by atoms with Crippen molar-refractivity contribution in [3.63, 3.8) is 0 Å². The number of hydrogen-bond acceptors (Lipinski definition) is 5. The number of benzene rings is 1. The topological polar surface area (TPSA) is 99.0 Å². The van der Waals surface area contributed by atoms with E-state index in [9.17, 15) is 14.9 Å². The molecule has 1 aromatic carbocycles. The maximum atomic E-state index is 12.9. The minimum absolute atomic E-state index is 0.0312. The van der Waals surface area contributed by atoms with Gasteiger partial charge in [-0.1, -0.05) is 18.2 Å². The van der Waals surface area contributed by atoms with Crippen molar-refractivity contribution in [2.45, 2.75) is 25.3 Å². The van der Waals surface area contributed by atoms with E-state index in [1.165, 1.54) is 0 Å². The Hall–Kier alpha value is -4.05.